The van der Waals surface area contributed by atoms with Gasteiger partial charge in [-0.1, -0.05) is 33.6 Å². The van der Waals surface area contributed by atoms with E-state index in [9.17, 15) is 4.79 Å². The first-order valence-corrected chi connectivity index (χ1v) is 9.05. The summed E-state index contributed by atoms with van der Waals surface area (Å²) in [5, 5.41) is 0. The van der Waals surface area contributed by atoms with Gasteiger partial charge in [-0.25, -0.2) is 0 Å². The Morgan fingerprint density at radius 3 is 2.48 bits per heavy atom. The van der Waals surface area contributed by atoms with Gasteiger partial charge in [0.1, 0.15) is 0 Å². The maximum atomic E-state index is 13.1. The van der Waals surface area contributed by atoms with E-state index < -0.39 is 0 Å². The molecule has 21 heavy (non-hydrogen) atoms. The molecule has 2 aliphatic rings. The van der Waals surface area contributed by atoms with E-state index in [4.69, 9.17) is 5.73 Å². The van der Waals surface area contributed by atoms with E-state index in [1.165, 1.54) is 32.1 Å². The van der Waals surface area contributed by atoms with Gasteiger partial charge in [0.25, 0.3) is 0 Å². The highest BCUT2D eigenvalue weighted by atomic mass is 16.2. The zero-order valence-corrected chi connectivity index (χ0v) is 14.2. The van der Waals surface area contributed by atoms with Crippen LogP contribution in [0.4, 0.5) is 0 Å². The fraction of sp³-hybridized carbons (Fsp3) is 0.944. The predicted octanol–water partition coefficient (Wildman–Crippen LogP) is 3.57. The van der Waals surface area contributed by atoms with E-state index >= 15 is 0 Å². The number of hydrogen-bond acceptors (Lipinski definition) is 2. The topological polar surface area (TPSA) is 46.3 Å². The number of carbonyl (C=O) groups excluding carboxylic acids is 1. The number of amides is 1. The van der Waals surface area contributed by atoms with Gasteiger partial charge in [-0.15, -0.1) is 0 Å². The van der Waals surface area contributed by atoms with Crippen LogP contribution in [0.1, 0.15) is 72.1 Å². The fourth-order valence-corrected chi connectivity index (χ4v) is 3.99. The highest BCUT2D eigenvalue weighted by Crippen LogP contribution is 2.32. The van der Waals surface area contributed by atoms with E-state index in [0.717, 1.165) is 25.8 Å². The van der Waals surface area contributed by atoms with E-state index in [1.807, 2.05) is 0 Å². The molecule has 3 nitrogen and oxygen atoms in total. The summed E-state index contributed by atoms with van der Waals surface area (Å²) in [6.07, 6.45) is 9.25. The quantitative estimate of drug-likeness (QED) is 0.842. The van der Waals surface area contributed by atoms with Gasteiger partial charge in [-0.3, -0.25) is 4.79 Å². The molecule has 0 spiro atoms. The molecule has 0 aromatic carbocycles. The number of hydrogen-bond donors (Lipinski definition) is 1. The normalized spacial score (nSPS) is 30.8. The van der Waals surface area contributed by atoms with Gasteiger partial charge < -0.3 is 10.6 Å². The SMILES string of the molecule is CC(C)CCN(C(=O)C1CC(C)CCC1N)C1CCCC1. The van der Waals surface area contributed by atoms with E-state index in [1.54, 1.807) is 0 Å². The van der Waals surface area contributed by atoms with Crippen molar-refractivity contribution in [2.45, 2.75) is 84.2 Å². The van der Waals surface area contributed by atoms with Gasteiger partial charge in [0.15, 0.2) is 0 Å². The molecule has 1 amide bonds. The maximum Gasteiger partial charge on any atom is 0.227 e. The summed E-state index contributed by atoms with van der Waals surface area (Å²) in [5.41, 5.74) is 6.29. The summed E-state index contributed by atoms with van der Waals surface area (Å²) < 4.78 is 0. The van der Waals surface area contributed by atoms with E-state index in [0.29, 0.717) is 23.8 Å². The minimum atomic E-state index is 0.0708. The van der Waals surface area contributed by atoms with E-state index in [-0.39, 0.29) is 12.0 Å². The predicted molar refractivity (Wildman–Crippen MR) is 87.9 cm³/mol. The van der Waals surface area contributed by atoms with Crippen molar-refractivity contribution in [2.75, 3.05) is 6.54 Å². The van der Waals surface area contributed by atoms with Crippen LogP contribution in [0.15, 0.2) is 0 Å². The van der Waals surface area contributed by atoms with Gasteiger partial charge in [-0.05, 0) is 50.4 Å². The molecule has 2 saturated carbocycles. The minimum absolute atomic E-state index is 0.0708. The summed E-state index contributed by atoms with van der Waals surface area (Å²) in [5.74, 6) is 1.73. The molecule has 2 aliphatic carbocycles. The van der Waals surface area contributed by atoms with Crippen molar-refractivity contribution in [3.8, 4) is 0 Å². The lowest BCUT2D eigenvalue weighted by molar-refractivity contribution is -0.140. The average molecular weight is 294 g/mol. The largest absolute Gasteiger partial charge is 0.339 e. The third-order valence-electron chi connectivity index (χ3n) is 5.48. The Kier molecular flexibility index (Phi) is 6.09. The smallest absolute Gasteiger partial charge is 0.227 e. The van der Waals surface area contributed by atoms with Crippen molar-refractivity contribution in [1.82, 2.24) is 4.90 Å². The molecule has 0 aromatic rings. The van der Waals surface area contributed by atoms with Crippen LogP contribution in [0.5, 0.6) is 0 Å². The average Bonchev–Trinajstić information content (AvgIpc) is 2.95. The first kappa shape index (κ1) is 16.8. The highest BCUT2D eigenvalue weighted by molar-refractivity contribution is 5.80. The molecule has 2 fully saturated rings. The summed E-state index contributed by atoms with van der Waals surface area (Å²) >= 11 is 0. The van der Waals surface area contributed by atoms with Gasteiger partial charge in [0.05, 0.1) is 5.92 Å². The molecule has 2 rings (SSSR count). The second kappa shape index (κ2) is 7.62. The van der Waals surface area contributed by atoms with Crippen molar-refractivity contribution in [3.05, 3.63) is 0 Å². The van der Waals surface area contributed by atoms with Gasteiger partial charge in [0.2, 0.25) is 5.91 Å². The van der Waals surface area contributed by atoms with Crippen molar-refractivity contribution in [1.29, 1.82) is 0 Å². The molecule has 122 valence electrons. The standard InChI is InChI=1S/C18H34N2O/c1-13(2)10-11-20(15-6-4-5-7-15)18(21)16-12-14(3)8-9-17(16)19/h13-17H,4-12,19H2,1-3H3. The van der Waals surface area contributed by atoms with Crippen LogP contribution in [0.2, 0.25) is 0 Å². The summed E-state index contributed by atoms with van der Waals surface area (Å²) in [6.45, 7) is 7.68. The lowest BCUT2D eigenvalue weighted by Crippen LogP contribution is -2.50. The van der Waals surface area contributed by atoms with Crippen molar-refractivity contribution < 1.29 is 4.79 Å². The van der Waals surface area contributed by atoms with Crippen molar-refractivity contribution in [2.24, 2.45) is 23.5 Å². The van der Waals surface area contributed by atoms with Crippen molar-refractivity contribution >= 4 is 5.91 Å². The van der Waals surface area contributed by atoms with Crippen LogP contribution in [-0.2, 0) is 4.79 Å². The molecule has 3 heteroatoms. The van der Waals surface area contributed by atoms with Crippen molar-refractivity contribution in [3.63, 3.8) is 0 Å². The van der Waals surface area contributed by atoms with Crippen LogP contribution < -0.4 is 5.73 Å². The molecule has 3 atom stereocenters. The van der Waals surface area contributed by atoms with Gasteiger partial charge >= 0.3 is 0 Å². The Morgan fingerprint density at radius 2 is 1.86 bits per heavy atom. The summed E-state index contributed by atoms with van der Waals surface area (Å²) in [7, 11) is 0. The Labute approximate surface area is 130 Å². The van der Waals surface area contributed by atoms with Crippen LogP contribution in [0.3, 0.4) is 0 Å². The molecular formula is C18H34N2O. The van der Waals surface area contributed by atoms with Crippen LogP contribution in [-0.4, -0.2) is 29.4 Å². The second-order valence-corrected chi connectivity index (χ2v) is 7.84. The molecule has 0 aromatic heterocycles. The first-order chi connectivity index (χ1) is 9.99. The molecule has 0 saturated heterocycles. The second-order valence-electron chi connectivity index (χ2n) is 7.84. The molecule has 2 N–H and O–H groups in total. The summed E-state index contributed by atoms with van der Waals surface area (Å²) in [4.78, 5) is 15.3. The maximum absolute atomic E-state index is 13.1. The fourth-order valence-electron chi connectivity index (χ4n) is 3.99. The third-order valence-corrected chi connectivity index (χ3v) is 5.48. The Balaban J connectivity index is 2.04. The first-order valence-electron chi connectivity index (χ1n) is 9.05. The number of nitrogens with two attached hydrogens (primary N) is 1. The number of carbonyl (C=O) groups is 1. The lowest BCUT2D eigenvalue weighted by atomic mass is 9.78. The summed E-state index contributed by atoms with van der Waals surface area (Å²) in [6, 6.07) is 0.567. The highest BCUT2D eigenvalue weighted by Gasteiger charge is 2.37. The van der Waals surface area contributed by atoms with E-state index in [2.05, 4.69) is 25.7 Å². The molecule has 0 radical (unpaired) electrons. The van der Waals surface area contributed by atoms with Gasteiger partial charge in [-0.2, -0.15) is 0 Å². The van der Waals surface area contributed by atoms with Crippen LogP contribution in [0.25, 0.3) is 0 Å². The third kappa shape index (κ3) is 4.45. The van der Waals surface area contributed by atoms with Gasteiger partial charge in [0, 0.05) is 18.6 Å². The molecule has 0 heterocycles. The zero-order chi connectivity index (χ0) is 15.4. The number of nitrogens with zero attached hydrogens (tertiary/aromatic N) is 1. The Morgan fingerprint density at radius 1 is 1.19 bits per heavy atom. The van der Waals surface area contributed by atoms with Crippen LogP contribution in [0, 0.1) is 17.8 Å². The molecule has 0 bridgehead atoms. The lowest BCUT2D eigenvalue weighted by Gasteiger charge is -2.38. The Hall–Kier alpha value is -0.570. The number of rotatable bonds is 5. The molecule has 3 unspecified atom stereocenters. The minimum Gasteiger partial charge on any atom is -0.339 e. The molecule has 0 aliphatic heterocycles. The van der Waals surface area contributed by atoms with Crippen LogP contribution >= 0.6 is 0 Å². The zero-order valence-electron chi connectivity index (χ0n) is 14.2. The Bertz CT molecular complexity index is 336. The monoisotopic (exact) mass is 294 g/mol. The molecular weight excluding hydrogens is 260 g/mol.